The van der Waals surface area contributed by atoms with E-state index < -0.39 is 0 Å². The Morgan fingerprint density at radius 2 is 2.19 bits per heavy atom. The number of anilines is 1. The van der Waals surface area contributed by atoms with Gasteiger partial charge in [0.25, 0.3) is 0 Å². The fourth-order valence-electron chi connectivity index (χ4n) is 2.58. The Morgan fingerprint density at radius 1 is 1.31 bits per heavy atom. The third-order valence-electron chi connectivity index (χ3n) is 3.70. The fourth-order valence-corrected chi connectivity index (χ4v) is 3.49. The van der Waals surface area contributed by atoms with Gasteiger partial charge in [-0.1, -0.05) is 17.4 Å². The Bertz CT molecular complexity index is 1160. The molecule has 0 atom stereocenters. The fraction of sp³-hybridized carbons (Fsp3) is 0.176. The van der Waals surface area contributed by atoms with Crippen molar-refractivity contribution in [1.82, 2.24) is 19.2 Å². The van der Waals surface area contributed by atoms with Gasteiger partial charge in [-0.25, -0.2) is 14.5 Å². The molecule has 0 saturated carbocycles. The number of nitrogens with zero attached hydrogens (tertiary/aromatic N) is 4. The number of hydrogen-bond donors (Lipinski definition) is 1. The van der Waals surface area contributed by atoms with Gasteiger partial charge in [0.2, 0.25) is 5.91 Å². The van der Waals surface area contributed by atoms with Gasteiger partial charge >= 0.3 is 5.69 Å². The van der Waals surface area contributed by atoms with Gasteiger partial charge in [0.15, 0.2) is 10.8 Å². The summed E-state index contributed by atoms with van der Waals surface area (Å²) in [6.45, 7) is 2.33. The lowest BCUT2D eigenvalue weighted by atomic mass is 10.3. The second-order valence-corrected chi connectivity index (χ2v) is 6.53. The number of fused-ring (bicyclic) bond motifs is 2. The van der Waals surface area contributed by atoms with Crippen LogP contribution in [-0.2, 0) is 11.3 Å². The minimum atomic E-state index is -0.361. The molecule has 0 fully saturated rings. The molecule has 9 heteroatoms. The molecule has 0 radical (unpaired) electrons. The molecule has 0 aliphatic carbocycles. The number of nitrogens with one attached hydrogen (secondary N) is 1. The van der Waals surface area contributed by atoms with E-state index in [1.54, 1.807) is 24.4 Å². The Balaban J connectivity index is 1.53. The summed E-state index contributed by atoms with van der Waals surface area (Å²) in [6, 6.07) is 10.8. The minimum Gasteiger partial charge on any atom is -0.494 e. The standard InChI is InChI=1S/C17H15N5O3S/c1-2-25-11-6-7-12-13(9-11)26-16(18-12)19-15(23)10-22-17(24)21-8-4-3-5-14(21)20-22/h3-9H,2,10H2,1H3,(H,18,19,23). The highest BCUT2D eigenvalue weighted by molar-refractivity contribution is 7.22. The van der Waals surface area contributed by atoms with E-state index in [-0.39, 0.29) is 18.1 Å². The molecule has 3 heterocycles. The van der Waals surface area contributed by atoms with E-state index in [4.69, 9.17) is 4.74 Å². The van der Waals surface area contributed by atoms with Gasteiger partial charge in [-0.2, -0.15) is 0 Å². The minimum absolute atomic E-state index is 0.180. The number of carbonyl (C=O) groups excluding carboxylic acids is 1. The third-order valence-corrected chi connectivity index (χ3v) is 4.63. The number of amides is 1. The quantitative estimate of drug-likeness (QED) is 0.582. The lowest BCUT2D eigenvalue weighted by Gasteiger charge is -2.00. The highest BCUT2D eigenvalue weighted by Gasteiger charge is 2.13. The first-order valence-electron chi connectivity index (χ1n) is 8.01. The zero-order chi connectivity index (χ0) is 18.1. The summed E-state index contributed by atoms with van der Waals surface area (Å²) in [5.74, 6) is 0.400. The first-order chi connectivity index (χ1) is 12.6. The zero-order valence-corrected chi connectivity index (χ0v) is 14.7. The molecular formula is C17H15N5O3S. The van der Waals surface area contributed by atoms with Gasteiger partial charge < -0.3 is 10.1 Å². The number of thiazole rings is 1. The van der Waals surface area contributed by atoms with Crippen LogP contribution in [-0.4, -0.2) is 31.7 Å². The van der Waals surface area contributed by atoms with Crippen LogP contribution in [0.1, 0.15) is 6.92 Å². The van der Waals surface area contributed by atoms with Crippen molar-refractivity contribution in [2.75, 3.05) is 11.9 Å². The molecule has 1 amide bonds. The molecule has 1 aromatic carbocycles. The van der Waals surface area contributed by atoms with Crippen LogP contribution >= 0.6 is 11.3 Å². The van der Waals surface area contributed by atoms with Crippen LogP contribution < -0.4 is 15.7 Å². The topological polar surface area (TPSA) is 90.5 Å². The van der Waals surface area contributed by atoms with Crippen LogP contribution in [0.15, 0.2) is 47.4 Å². The normalized spacial score (nSPS) is 11.1. The Hall–Kier alpha value is -3.20. The second kappa shape index (κ2) is 6.60. The van der Waals surface area contributed by atoms with Gasteiger partial charge in [0.1, 0.15) is 12.3 Å². The first kappa shape index (κ1) is 16.3. The predicted octanol–water partition coefficient (Wildman–Crippen LogP) is 2.14. The van der Waals surface area contributed by atoms with E-state index in [0.717, 1.165) is 20.6 Å². The summed E-state index contributed by atoms with van der Waals surface area (Å²) in [7, 11) is 0. The van der Waals surface area contributed by atoms with E-state index >= 15 is 0 Å². The summed E-state index contributed by atoms with van der Waals surface area (Å²) in [6.07, 6.45) is 1.61. The molecule has 4 aromatic rings. The number of hydrogen-bond acceptors (Lipinski definition) is 6. The molecule has 0 saturated heterocycles. The van der Waals surface area contributed by atoms with Crippen molar-refractivity contribution in [2.24, 2.45) is 0 Å². The summed E-state index contributed by atoms with van der Waals surface area (Å²) in [5.41, 5.74) is 0.911. The Morgan fingerprint density at radius 3 is 3.00 bits per heavy atom. The maximum absolute atomic E-state index is 12.3. The smallest absolute Gasteiger partial charge is 0.350 e. The first-order valence-corrected chi connectivity index (χ1v) is 8.83. The van der Waals surface area contributed by atoms with Crippen LogP contribution in [0.2, 0.25) is 0 Å². The van der Waals surface area contributed by atoms with E-state index in [1.165, 1.54) is 15.7 Å². The molecule has 0 spiro atoms. The Kier molecular flexibility index (Phi) is 4.13. The molecule has 4 rings (SSSR count). The summed E-state index contributed by atoms with van der Waals surface area (Å²) < 4.78 is 8.90. The Labute approximate surface area is 151 Å². The summed E-state index contributed by atoms with van der Waals surface area (Å²) >= 11 is 1.35. The number of ether oxygens (including phenoxy) is 1. The summed E-state index contributed by atoms with van der Waals surface area (Å²) in [5, 5.41) is 7.33. The monoisotopic (exact) mass is 369 g/mol. The molecule has 3 aromatic heterocycles. The predicted molar refractivity (Wildman–Crippen MR) is 98.9 cm³/mol. The molecule has 0 bridgehead atoms. The second-order valence-electron chi connectivity index (χ2n) is 5.50. The lowest BCUT2D eigenvalue weighted by Crippen LogP contribution is -2.28. The molecule has 0 unspecified atom stereocenters. The van der Waals surface area contributed by atoms with E-state index in [2.05, 4.69) is 15.4 Å². The molecule has 8 nitrogen and oxygen atoms in total. The number of pyridine rings is 1. The van der Waals surface area contributed by atoms with Gasteiger partial charge in [-0.05, 0) is 37.3 Å². The number of aromatic nitrogens is 4. The highest BCUT2D eigenvalue weighted by atomic mass is 32.1. The SMILES string of the molecule is CCOc1ccc2nc(NC(=O)Cn3nc4ccccn4c3=O)sc2c1. The average Bonchev–Trinajstić information content (AvgIpc) is 3.16. The molecule has 0 aliphatic heterocycles. The van der Waals surface area contributed by atoms with Gasteiger partial charge in [-0.3, -0.25) is 9.20 Å². The van der Waals surface area contributed by atoms with E-state index in [1.807, 2.05) is 25.1 Å². The largest absolute Gasteiger partial charge is 0.494 e. The molecule has 132 valence electrons. The highest BCUT2D eigenvalue weighted by Crippen LogP contribution is 2.29. The number of rotatable bonds is 5. The maximum atomic E-state index is 12.3. The van der Waals surface area contributed by atoms with Crippen LogP contribution in [0.4, 0.5) is 5.13 Å². The van der Waals surface area contributed by atoms with Gasteiger partial charge in [0, 0.05) is 6.20 Å². The van der Waals surface area contributed by atoms with Crippen LogP contribution in [0, 0.1) is 0 Å². The maximum Gasteiger partial charge on any atom is 0.350 e. The van der Waals surface area contributed by atoms with Crippen molar-refractivity contribution in [2.45, 2.75) is 13.5 Å². The van der Waals surface area contributed by atoms with Crippen LogP contribution in [0.5, 0.6) is 5.75 Å². The average molecular weight is 369 g/mol. The van der Waals surface area contributed by atoms with E-state index in [0.29, 0.717) is 17.4 Å². The lowest BCUT2D eigenvalue weighted by molar-refractivity contribution is -0.117. The third kappa shape index (κ3) is 3.04. The van der Waals surface area contributed by atoms with Crippen molar-refractivity contribution in [1.29, 1.82) is 0 Å². The zero-order valence-electron chi connectivity index (χ0n) is 13.9. The van der Waals surface area contributed by atoms with Gasteiger partial charge in [-0.15, -0.1) is 5.10 Å². The van der Waals surface area contributed by atoms with Crippen molar-refractivity contribution in [3.63, 3.8) is 0 Å². The van der Waals surface area contributed by atoms with Crippen molar-refractivity contribution in [3.05, 3.63) is 53.1 Å². The van der Waals surface area contributed by atoms with Crippen molar-refractivity contribution in [3.8, 4) is 5.75 Å². The molecule has 1 N–H and O–H groups in total. The van der Waals surface area contributed by atoms with E-state index in [9.17, 15) is 9.59 Å². The molecular weight excluding hydrogens is 354 g/mol. The number of benzene rings is 1. The summed E-state index contributed by atoms with van der Waals surface area (Å²) in [4.78, 5) is 28.9. The van der Waals surface area contributed by atoms with Crippen LogP contribution in [0.3, 0.4) is 0 Å². The van der Waals surface area contributed by atoms with Crippen molar-refractivity contribution < 1.29 is 9.53 Å². The van der Waals surface area contributed by atoms with Crippen LogP contribution in [0.25, 0.3) is 15.9 Å². The number of carbonyl (C=O) groups is 1. The molecule has 0 aliphatic rings. The van der Waals surface area contributed by atoms with Crippen molar-refractivity contribution >= 4 is 38.2 Å². The van der Waals surface area contributed by atoms with Gasteiger partial charge in [0.05, 0.1) is 16.8 Å². The molecule has 26 heavy (non-hydrogen) atoms.